The predicted octanol–water partition coefficient (Wildman–Crippen LogP) is 5.13. The van der Waals surface area contributed by atoms with Gasteiger partial charge in [0.15, 0.2) is 0 Å². The van der Waals surface area contributed by atoms with E-state index in [1.54, 1.807) is 23.1 Å². The van der Waals surface area contributed by atoms with Gasteiger partial charge in [0.05, 0.1) is 5.92 Å². The molecule has 0 radical (unpaired) electrons. The van der Waals surface area contributed by atoms with Gasteiger partial charge in [-0.05, 0) is 58.6 Å². The molecule has 2 fully saturated rings. The Bertz CT molecular complexity index is 723. The van der Waals surface area contributed by atoms with Crippen molar-refractivity contribution in [1.29, 1.82) is 0 Å². The minimum Gasteiger partial charge on any atom is -0.444 e. The van der Waals surface area contributed by atoms with Crippen molar-refractivity contribution in [2.75, 3.05) is 13.1 Å². The Labute approximate surface area is 176 Å². The number of ether oxygens (including phenoxy) is 1. The molecule has 0 N–H and O–H groups in total. The van der Waals surface area contributed by atoms with Crippen LogP contribution < -0.4 is 0 Å². The van der Waals surface area contributed by atoms with Crippen LogP contribution in [0.2, 0.25) is 10.0 Å². The van der Waals surface area contributed by atoms with Crippen molar-refractivity contribution in [2.24, 2.45) is 5.92 Å². The summed E-state index contributed by atoms with van der Waals surface area (Å²) in [5, 5.41) is 1.15. The van der Waals surface area contributed by atoms with E-state index in [1.807, 2.05) is 25.7 Å². The largest absolute Gasteiger partial charge is 0.444 e. The normalized spacial score (nSPS) is 20.0. The number of nitrogens with zero attached hydrogens (tertiary/aromatic N) is 2. The number of hydrogen-bond acceptors (Lipinski definition) is 3. The first-order valence-electron chi connectivity index (χ1n) is 9.87. The second kappa shape index (κ2) is 8.50. The molecule has 5 nitrogen and oxygen atoms in total. The zero-order valence-corrected chi connectivity index (χ0v) is 18.2. The lowest BCUT2D eigenvalue weighted by atomic mass is 9.96. The molecule has 28 heavy (non-hydrogen) atoms. The quantitative estimate of drug-likeness (QED) is 0.669. The Morgan fingerprint density at radius 3 is 2.39 bits per heavy atom. The van der Waals surface area contributed by atoms with Gasteiger partial charge in [0.1, 0.15) is 5.60 Å². The first-order valence-corrected chi connectivity index (χ1v) is 10.6. The average Bonchev–Trinajstić information content (AvgIpc) is 3.45. The highest BCUT2D eigenvalue weighted by atomic mass is 35.5. The smallest absolute Gasteiger partial charge is 0.410 e. The highest BCUT2D eigenvalue weighted by molar-refractivity contribution is 6.36. The summed E-state index contributed by atoms with van der Waals surface area (Å²) >= 11 is 12.6. The van der Waals surface area contributed by atoms with Crippen molar-refractivity contribution in [3.63, 3.8) is 0 Å². The van der Waals surface area contributed by atoms with Crippen LogP contribution in [-0.2, 0) is 16.1 Å². The molecule has 3 rings (SSSR count). The van der Waals surface area contributed by atoms with Gasteiger partial charge in [-0.2, -0.15) is 0 Å². The van der Waals surface area contributed by atoms with Gasteiger partial charge in [0.25, 0.3) is 0 Å². The zero-order valence-electron chi connectivity index (χ0n) is 16.7. The number of rotatable bonds is 4. The lowest BCUT2D eigenvalue weighted by Crippen LogP contribution is -2.48. The second-order valence-corrected chi connectivity index (χ2v) is 9.48. The van der Waals surface area contributed by atoms with Gasteiger partial charge >= 0.3 is 6.09 Å². The first-order chi connectivity index (χ1) is 13.2. The minimum absolute atomic E-state index is 0.0757. The van der Waals surface area contributed by atoms with Crippen molar-refractivity contribution >= 4 is 35.2 Å². The third-order valence-electron chi connectivity index (χ3n) is 5.08. The van der Waals surface area contributed by atoms with Gasteiger partial charge in [-0.3, -0.25) is 4.79 Å². The fourth-order valence-corrected chi connectivity index (χ4v) is 4.05. The predicted molar refractivity (Wildman–Crippen MR) is 111 cm³/mol. The molecule has 1 heterocycles. The van der Waals surface area contributed by atoms with E-state index in [9.17, 15) is 9.59 Å². The van der Waals surface area contributed by atoms with Crippen LogP contribution >= 0.6 is 23.2 Å². The molecule has 1 aliphatic heterocycles. The molecule has 1 aromatic carbocycles. The highest BCUT2D eigenvalue weighted by Crippen LogP contribution is 2.34. The first kappa shape index (κ1) is 21.3. The summed E-state index contributed by atoms with van der Waals surface area (Å²) in [6.07, 6.45) is 3.21. The van der Waals surface area contributed by atoms with Crippen LogP contribution in [0.5, 0.6) is 0 Å². The summed E-state index contributed by atoms with van der Waals surface area (Å²) in [4.78, 5) is 29.3. The molecule has 0 bridgehead atoms. The molecular weight excluding hydrogens is 399 g/mol. The number of hydrogen-bond donors (Lipinski definition) is 0. The number of benzene rings is 1. The van der Waals surface area contributed by atoms with Gasteiger partial charge in [-0.25, -0.2) is 4.79 Å². The molecule has 2 aliphatic rings. The molecule has 154 valence electrons. The minimum atomic E-state index is -0.547. The van der Waals surface area contributed by atoms with Crippen LogP contribution in [0.1, 0.15) is 52.0 Å². The standard InChI is InChI=1S/C21H28Cl2N2O3/c1-21(2,3)28-20(27)24-11-5-6-14(12-24)19(26)25(15-9-10-15)13-16-17(22)7-4-8-18(16)23/h4,7-8,14-15H,5-6,9-13H2,1-3H3. The van der Waals surface area contributed by atoms with Gasteiger partial charge in [0, 0.05) is 41.3 Å². The van der Waals surface area contributed by atoms with E-state index in [0.717, 1.165) is 31.2 Å². The fraction of sp³-hybridized carbons (Fsp3) is 0.619. The maximum atomic E-state index is 13.3. The van der Waals surface area contributed by atoms with Crippen molar-refractivity contribution in [3.05, 3.63) is 33.8 Å². The van der Waals surface area contributed by atoms with Crippen LogP contribution in [0.25, 0.3) is 0 Å². The Morgan fingerprint density at radius 1 is 1.18 bits per heavy atom. The molecule has 1 saturated carbocycles. The van der Waals surface area contributed by atoms with Crippen LogP contribution in [-0.4, -0.2) is 46.5 Å². The van der Waals surface area contributed by atoms with E-state index in [1.165, 1.54) is 0 Å². The SMILES string of the molecule is CC(C)(C)OC(=O)N1CCCC(C(=O)N(Cc2c(Cl)cccc2Cl)C2CC2)C1. The van der Waals surface area contributed by atoms with Gasteiger partial charge in [-0.15, -0.1) is 0 Å². The van der Waals surface area contributed by atoms with E-state index in [4.69, 9.17) is 27.9 Å². The average molecular weight is 427 g/mol. The molecule has 1 atom stereocenters. The summed E-state index contributed by atoms with van der Waals surface area (Å²) in [7, 11) is 0. The molecular formula is C21H28Cl2N2O3. The van der Waals surface area contributed by atoms with Crippen molar-refractivity contribution in [3.8, 4) is 0 Å². The van der Waals surface area contributed by atoms with Crippen molar-refractivity contribution in [1.82, 2.24) is 9.80 Å². The number of halogens is 2. The number of amides is 2. The van der Waals surface area contributed by atoms with E-state index < -0.39 is 5.60 Å². The third-order valence-corrected chi connectivity index (χ3v) is 5.79. The van der Waals surface area contributed by atoms with Gasteiger partial charge < -0.3 is 14.5 Å². The molecule has 0 spiro atoms. The van der Waals surface area contributed by atoms with Crippen LogP contribution in [0.15, 0.2) is 18.2 Å². The lowest BCUT2D eigenvalue weighted by molar-refractivity contribution is -0.138. The second-order valence-electron chi connectivity index (χ2n) is 8.66. The number of carbonyl (C=O) groups excluding carboxylic acids is 2. The number of piperidine rings is 1. The lowest BCUT2D eigenvalue weighted by Gasteiger charge is -2.36. The van der Waals surface area contributed by atoms with E-state index in [-0.39, 0.29) is 24.0 Å². The van der Waals surface area contributed by atoms with Crippen LogP contribution in [0, 0.1) is 5.92 Å². The summed E-state index contributed by atoms with van der Waals surface area (Å²) in [5.74, 6) is -0.144. The topological polar surface area (TPSA) is 49.9 Å². The third kappa shape index (κ3) is 5.32. The van der Waals surface area contributed by atoms with Crippen LogP contribution in [0.3, 0.4) is 0 Å². The van der Waals surface area contributed by atoms with Crippen molar-refractivity contribution in [2.45, 2.75) is 64.6 Å². The van der Waals surface area contributed by atoms with E-state index >= 15 is 0 Å². The molecule has 7 heteroatoms. The van der Waals surface area contributed by atoms with Crippen molar-refractivity contribution < 1.29 is 14.3 Å². The Kier molecular flexibility index (Phi) is 6.45. The molecule has 1 saturated heterocycles. The van der Waals surface area contributed by atoms with Gasteiger partial charge in [0.2, 0.25) is 5.91 Å². The summed E-state index contributed by atoms with van der Waals surface area (Å²) in [6.45, 7) is 6.97. The summed E-state index contributed by atoms with van der Waals surface area (Å²) in [6, 6.07) is 5.63. The Hall–Kier alpha value is -1.46. The molecule has 1 unspecified atom stereocenters. The molecule has 1 aromatic rings. The fourth-order valence-electron chi connectivity index (χ4n) is 3.53. The summed E-state index contributed by atoms with van der Waals surface area (Å²) in [5.41, 5.74) is 0.236. The van der Waals surface area contributed by atoms with E-state index in [2.05, 4.69) is 0 Å². The maximum absolute atomic E-state index is 13.3. The zero-order chi connectivity index (χ0) is 20.5. The monoisotopic (exact) mass is 426 g/mol. The Balaban J connectivity index is 1.70. The highest BCUT2D eigenvalue weighted by Gasteiger charge is 2.39. The molecule has 2 amide bonds. The Morgan fingerprint density at radius 2 is 1.82 bits per heavy atom. The molecule has 1 aliphatic carbocycles. The van der Waals surface area contributed by atoms with Gasteiger partial charge in [-0.1, -0.05) is 29.3 Å². The molecule has 0 aromatic heterocycles. The number of likely N-dealkylation sites (tertiary alicyclic amines) is 1. The van der Waals surface area contributed by atoms with Crippen LogP contribution in [0.4, 0.5) is 4.79 Å². The summed E-state index contributed by atoms with van der Waals surface area (Å²) < 4.78 is 5.48. The number of carbonyl (C=O) groups is 2. The van der Waals surface area contributed by atoms with E-state index in [0.29, 0.717) is 29.7 Å². The maximum Gasteiger partial charge on any atom is 0.410 e.